The van der Waals surface area contributed by atoms with Crippen LogP contribution in [0.2, 0.25) is 5.02 Å². The molecule has 4 nitrogen and oxygen atoms in total. The van der Waals surface area contributed by atoms with Crippen LogP contribution in [-0.4, -0.2) is 11.6 Å². The van der Waals surface area contributed by atoms with Gasteiger partial charge in [0.1, 0.15) is 11.6 Å². The van der Waals surface area contributed by atoms with Gasteiger partial charge in [-0.1, -0.05) is 29.8 Å². The molecule has 0 aliphatic carbocycles. The molecule has 1 heterocycles. The molecule has 188 valence electrons. The Hall–Kier alpha value is -3.06. The zero-order valence-electron chi connectivity index (χ0n) is 20.6. The van der Waals surface area contributed by atoms with Gasteiger partial charge in [-0.2, -0.15) is 0 Å². The number of benzene rings is 4. The van der Waals surface area contributed by atoms with Gasteiger partial charge >= 0.3 is 0 Å². The molecule has 0 aliphatic rings. The number of nitrogens with one attached hydrogen (secondary N) is 1. The Bertz CT molecular complexity index is 1520. The zero-order chi connectivity index (χ0) is 25.8. The number of nitrogens with zero attached hydrogens (tertiary/aromatic N) is 1. The second-order valence-electron chi connectivity index (χ2n) is 8.67. The summed E-state index contributed by atoms with van der Waals surface area (Å²) < 4.78 is 14.1. The third-order valence-electron chi connectivity index (χ3n) is 5.84. The predicted octanol–water partition coefficient (Wildman–Crippen LogP) is 9.28. The van der Waals surface area contributed by atoms with Crippen LogP contribution in [-0.2, 0) is 13.2 Å². The largest absolute Gasteiger partial charge is 0.490 e. The highest BCUT2D eigenvalue weighted by Gasteiger charge is 2.13. The molecule has 37 heavy (non-hydrogen) atoms. The summed E-state index contributed by atoms with van der Waals surface area (Å²) in [6, 6.07) is 26.5. The van der Waals surface area contributed by atoms with Crippen LogP contribution in [0.4, 0.5) is 5.69 Å². The van der Waals surface area contributed by atoms with Gasteiger partial charge in [-0.15, -0.1) is 11.3 Å². The average molecular weight is 594 g/mol. The van der Waals surface area contributed by atoms with E-state index in [0.29, 0.717) is 36.3 Å². The molecule has 0 amide bonds. The zero-order valence-corrected chi connectivity index (χ0v) is 23.7. The van der Waals surface area contributed by atoms with E-state index < -0.39 is 0 Å². The quantitative estimate of drug-likeness (QED) is 0.185. The summed E-state index contributed by atoms with van der Waals surface area (Å²) in [5.41, 5.74) is 6.58. The SMILES string of the molecule is CCOc1cc(CNc2ccc(-c3nc4ccc(C)cc4s3)cc2)cc(Br)c1OCc1ccc(Cl)cc1. The molecule has 4 aromatic carbocycles. The van der Waals surface area contributed by atoms with Gasteiger partial charge in [0.15, 0.2) is 11.5 Å². The molecule has 0 atom stereocenters. The Kier molecular flexibility index (Phi) is 7.99. The van der Waals surface area contributed by atoms with Crippen LogP contribution in [0, 0.1) is 6.92 Å². The summed E-state index contributed by atoms with van der Waals surface area (Å²) in [7, 11) is 0. The number of aromatic nitrogens is 1. The number of fused-ring (bicyclic) bond motifs is 1. The number of rotatable bonds is 9. The molecule has 0 saturated carbocycles. The smallest absolute Gasteiger partial charge is 0.175 e. The number of aryl methyl sites for hydroxylation is 1. The maximum absolute atomic E-state index is 6.11. The van der Waals surface area contributed by atoms with Crippen molar-refractivity contribution in [2.45, 2.75) is 27.0 Å². The molecule has 7 heteroatoms. The van der Waals surface area contributed by atoms with Crippen molar-refractivity contribution >= 4 is 54.8 Å². The van der Waals surface area contributed by atoms with Gasteiger partial charge in [0.25, 0.3) is 0 Å². The summed E-state index contributed by atoms with van der Waals surface area (Å²) in [5.74, 6) is 1.40. The standard InChI is InChI=1S/C30H26BrClN2O2S/c1-3-35-27-16-21(15-25(31)29(27)36-18-20-5-9-23(32)10-6-20)17-33-24-11-7-22(8-12-24)30-34-26-13-4-19(2)14-28(26)37-30/h4-16,33H,3,17-18H2,1-2H3. The van der Waals surface area contributed by atoms with Gasteiger partial charge in [-0.3, -0.25) is 0 Å². The van der Waals surface area contributed by atoms with E-state index in [-0.39, 0.29) is 0 Å². The average Bonchev–Trinajstić information content (AvgIpc) is 3.32. The molecule has 0 unspecified atom stereocenters. The second-order valence-corrected chi connectivity index (χ2v) is 11.0. The first-order valence-corrected chi connectivity index (χ1v) is 14.0. The highest BCUT2D eigenvalue weighted by molar-refractivity contribution is 9.10. The third kappa shape index (κ3) is 6.27. The maximum atomic E-state index is 6.11. The molecule has 0 spiro atoms. The molecule has 1 N–H and O–H groups in total. The van der Waals surface area contributed by atoms with Gasteiger partial charge < -0.3 is 14.8 Å². The van der Waals surface area contributed by atoms with Crippen molar-refractivity contribution < 1.29 is 9.47 Å². The number of halogens is 2. The lowest BCUT2D eigenvalue weighted by Crippen LogP contribution is -2.04. The molecule has 5 rings (SSSR count). The fourth-order valence-corrected chi connectivity index (χ4v) is 5.75. The fourth-order valence-electron chi connectivity index (χ4n) is 3.95. The van der Waals surface area contributed by atoms with Crippen LogP contribution < -0.4 is 14.8 Å². The fraction of sp³-hybridized carbons (Fsp3) is 0.167. The number of hydrogen-bond acceptors (Lipinski definition) is 5. The number of thiazole rings is 1. The Balaban J connectivity index is 1.26. The van der Waals surface area contributed by atoms with E-state index in [1.807, 2.05) is 37.3 Å². The number of ether oxygens (including phenoxy) is 2. The van der Waals surface area contributed by atoms with Gasteiger partial charge in [0, 0.05) is 22.8 Å². The molecule has 1 aromatic heterocycles. The lowest BCUT2D eigenvalue weighted by atomic mass is 10.1. The molecular formula is C30H26BrClN2O2S. The number of hydrogen-bond donors (Lipinski definition) is 1. The van der Waals surface area contributed by atoms with Crippen LogP contribution in [0.5, 0.6) is 11.5 Å². The minimum atomic E-state index is 0.425. The summed E-state index contributed by atoms with van der Waals surface area (Å²) in [5, 5.41) is 5.25. The van der Waals surface area contributed by atoms with Crippen molar-refractivity contribution in [1.29, 1.82) is 0 Å². The van der Waals surface area contributed by atoms with E-state index >= 15 is 0 Å². The van der Waals surface area contributed by atoms with Crippen molar-refractivity contribution in [2.24, 2.45) is 0 Å². The van der Waals surface area contributed by atoms with Crippen LogP contribution in [0.3, 0.4) is 0 Å². The molecular weight excluding hydrogens is 568 g/mol. The molecule has 0 aliphatic heterocycles. The van der Waals surface area contributed by atoms with Crippen LogP contribution in [0.1, 0.15) is 23.6 Å². The topological polar surface area (TPSA) is 43.4 Å². The minimum Gasteiger partial charge on any atom is -0.490 e. The first-order valence-electron chi connectivity index (χ1n) is 12.0. The van der Waals surface area contributed by atoms with E-state index in [0.717, 1.165) is 37.4 Å². The van der Waals surface area contributed by atoms with E-state index in [1.54, 1.807) is 11.3 Å². The lowest BCUT2D eigenvalue weighted by molar-refractivity contribution is 0.267. The first kappa shape index (κ1) is 25.6. The molecule has 0 bridgehead atoms. The Morgan fingerprint density at radius 3 is 2.46 bits per heavy atom. The lowest BCUT2D eigenvalue weighted by Gasteiger charge is -2.16. The first-order chi connectivity index (χ1) is 18.0. The predicted molar refractivity (Wildman–Crippen MR) is 158 cm³/mol. The van der Waals surface area contributed by atoms with E-state index in [1.165, 1.54) is 10.3 Å². The van der Waals surface area contributed by atoms with Crippen LogP contribution in [0.25, 0.3) is 20.8 Å². The van der Waals surface area contributed by atoms with Crippen LogP contribution >= 0.6 is 38.9 Å². The van der Waals surface area contributed by atoms with Gasteiger partial charge in [0.05, 0.1) is 21.3 Å². The van der Waals surface area contributed by atoms with Crippen LogP contribution in [0.15, 0.2) is 83.3 Å². The van der Waals surface area contributed by atoms with Gasteiger partial charge in [-0.05, 0) is 107 Å². The van der Waals surface area contributed by atoms with E-state index in [9.17, 15) is 0 Å². The Morgan fingerprint density at radius 2 is 1.70 bits per heavy atom. The van der Waals surface area contributed by atoms with Crippen molar-refractivity contribution in [2.75, 3.05) is 11.9 Å². The van der Waals surface area contributed by atoms with Crippen molar-refractivity contribution in [3.8, 4) is 22.1 Å². The minimum absolute atomic E-state index is 0.425. The summed E-state index contributed by atoms with van der Waals surface area (Å²) in [4.78, 5) is 4.79. The van der Waals surface area contributed by atoms with Crippen molar-refractivity contribution in [3.63, 3.8) is 0 Å². The molecule has 5 aromatic rings. The number of anilines is 1. The van der Waals surface area contributed by atoms with E-state index in [4.69, 9.17) is 26.1 Å². The van der Waals surface area contributed by atoms with Gasteiger partial charge in [0.2, 0.25) is 0 Å². The summed E-state index contributed by atoms with van der Waals surface area (Å²) in [6.07, 6.45) is 0. The summed E-state index contributed by atoms with van der Waals surface area (Å²) in [6.45, 7) is 5.70. The van der Waals surface area contributed by atoms with Gasteiger partial charge in [-0.25, -0.2) is 4.98 Å². The molecule has 0 radical (unpaired) electrons. The highest BCUT2D eigenvalue weighted by atomic mass is 79.9. The molecule has 0 saturated heterocycles. The monoisotopic (exact) mass is 592 g/mol. The third-order valence-corrected chi connectivity index (χ3v) is 7.75. The Morgan fingerprint density at radius 1 is 0.919 bits per heavy atom. The van der Waals surface area contributed by atoms with Crippen molar-refractivity contribution in [1.82, 2.24) is 4.98 Å². The normalized spacial score (nSPS) is 11.0. The van der Waals surface area contributed by atoms with E-state index in [2.05, 4.69) is 76.7 Å². The summed E-state index contributed by atoms with van der Waals surface area (Å²) >= 11 is 11.4. The second kappa shape index (κ2) is 11.5. The maximum Gasteiger partial charge on any atom is 0.175 e. The van der Waals surface area contributed by atoms with Crippen molar-refractivity contribution in [3.05, 3.63) is 105 Å². The molecule has 0 fully saturated rings. The highest BCUT2D eigenvalue weighted by Crippen LogP contribution is 2.38. The Labute approximate surface area is 234 Å².